The van der Waals surface area contributed by atoms with Crippen LogP contribution in [0.5, 0.6) is 0 Å². The predicted molar refractivity (Wildman–Crippen MR) is 43.5 cm³/mol. The minimum absolute atomic E-state index is 0.719. The van der Waals surface area contributed by atoms with Crippen LogP contribution < -0.4 is 5.43 Å². The van der Waals surface area contributed by atoms with E-state index in [4.69, 9.17) is 10.0 Å². The third-order valence-corrected chi connectivity index (χ3v) is 1.89. The molecule has 1 aliphatic heterocycles. The second-order valence-corrected chi connectivity index (χ2v) is 2.57. The number of hydrogen-bond donors (Lipinski definition) is 3. The molecule has 0 amide bonds. The zero-order valence-corrected chi connectivity index (χ0v) is 6.62. The lowest BCUT2D eigenvalue weighted by Gasteiger charge is -2.24. The monoisotopic (exact) mass is 156 g/mol. The van der Waals surface area contributed by atoms with E-state index in [0.29, 0.717) is 0 Å². The zero-order valence-electron chi connectivity index (χ0n) is 6.62. The topological polar surface area (TPSA) is 55.7 Å². The number of nitrogens with one attached hydrogen (secondary N) is 1. The molecule has 1 heterocycles. The number of hydrogen-bond acceptors (Lipinski definition) is 4. The normalized spacial score (nSPS) is 19.7. The van der Waals surface area contributed by atoms with Crippen LogP contribution in [-0.2, 0) is 0 Å². The Hall–Kier alpha value is -0.355. The van der Waals surface area contributed by atoms with Crippen LogP contribution in [0, 0.1) is 0 Å². The van der Waals surface area contributed by atoms with Crippen molar-refractivity contribution < 1.29 is 10.0 Å². The van der Waals surface area contributed by atoms with Crippen LogP contribution in [-0.4, -0.2) is 42.3 Å². The first-order valence-electron chi connectivity index (χ1n) is 3.71. The number of rotatable bonds is 2. The molecule has 1 rings (SSSR count). The molecule has 0 radical (unpaired) electrons. The highest BCUT2D eigenvalue weighted by Crippen LogP contribution is 2.08. The Kier molecular flexibility index (Phi) is 3.08. The molecular weight excluding hydrogens is 143 g/mol. The van der Waals surface area contributed by atoms with Crippen molar-refractivity contribution in [3.05, 3.63) is 11.5 Å². The molecule has 0 spiro atoms. The van der Waals surface area contributed by atoms with Crippen LogP contribution in [0.3, 0.4) is 0 Å². The van der Waals surface area contributed by atoms with E-state index in [1.54, 1.807) is 0 Å². The maximum absolute atomic E-state index is 8.78. The highest BCUT2D eigenvalue weighted by molar-refractivity contribution is 6.50. The van der Waals surface area contributed by atoms with Crippen molar-refractivity contribution in [3.8, 4) is 0 Å². The Morgan fingerprint density at radius 1 is 1.64 bits per heavy atom. The first-order valence-corrected chi connectivity index (χ1v) is 3.71. The van der Waals surface area contributed by atoms with E-state index in [-0.39, 0.29) is 0 Å². The van der Waals surface area contributed by atoms with Gasteiger partial charge in [0.15, 0.2) is 0 Å². The molecule has 1 aliphatic rings. The van der Waals surface area contributed by atoms with Gasteiger partial charge in [-0.1, -0.05) is 6.08 Å². The van der Waals surface area contributed by atoms with Gasteiger partial charge in [-0.15, -0.1) is 0 Å². The standard InChI is InChI=1S/C6H13BN2O2/c1-8-9-4-2-6(3-5-9)7(10)11/h2,8,10-11H,3-5H2,1H3. The number of nitrogens with zero attached hydrogens (tertiary/aromatic N) is 1. The van der Waals surface area contributed by atoms with Crippen molar-refractivity contribution in [2.45, 2.75) is 6.42 Å². The maximum atomic E-state index is 8.78. The average molecular weight is 156 g/mol. The van der Waals surface area contributed by atoms with Gasteiger partial charge in [-0.2, -0.15) is 0 Å². The minimum atomic E-state index is -1.27. The predicted octanol–water partition coefficient (Wildman–Crippen LogP) is -1.24. The fourth-order valence-electron chi connectivity index (χ4n) is 1.12. The summed E-state index contributed by atoms with van der Waals surface area (Å²) in [5.74, 6) is 0. The molecule has 0 bridgehead atoms. The lowest BCUT2D eigenvalue weighted by atomic mass is 9.76. The Bertz CT molecular complexity index is 161. The summed E-state index contributed by atoms with van der Waals surface area (Å²) in [6, 6.07) is 0. The van der Waals surface area contributed by atoms with Gasteiger partial charge in [-0.05, 0) is 18.9 Å². The molecule has 0 unspecified atom stereocenters. The van der Waals surface area contributed by atoms with E-state index in [9.17, 15) is 0 Å². The van der Waals surface area contributed by atoms with Gasteiger partial charge in [0.2, 0.25) is 0 Å². The largest absolute Gasteiger partial charge is 0.483 e. The van der Waals surface area contributed by atoms with Crippen molar-refractivity contribution in [1.29, 1.82) is 0 Å². The Morgan fingerprint density at radius 3 is 2.73 bits per heavy atom. The van der Waals surface area contributed by atoms with Crippen molar-refractivity contribution in [3.63, 3.8) is 0 Å². The van der Waals surface area contributed by atoms with Gasteiger partial charge >= 0.3 is 7.12 Å². The van der Waals surface area contributed by atoms with Crippen LogP contribution in [0.1, 0.15) is 6.42 Å². The highest BCUT2D eigenvalue weighted by atomic mass is 16.4. The molecule has 3 N–H and O–H groups in total. The van der Waals surface area contributed by atoms with Crippen LogP contribution in [0.4, 0.5) is 0 Å². The van der Waals surface area contributed by atoms with Gasteiger partial charge in [0.1, 0.15) is 0 Å². The Labute approximate surface area is 66.6 Å². The summed E-state index contributed by atoms with van der Waals surface area (Å²) in [6.07, 6.45) is 2.56. The lowest BCUT2D eigenvalue weighted by Crippen LogP contribution is -2.40. The second-order valence-electron chi connectivity index (χ2n) is 2.57. The highest BCUT2D eigenvalue weighted by Gasteiger charge is 2.18. The fraction of sp³-hybridized carbons (Fsp3) is 0.667. The summed E-state index contributed by atoms with van der Waals surface area (Å²) in [7, 11) is 0.586. The molecule has 0 fully saturated rings. The average Bonchev–Trinajstić information content (AvgIpc) is 2.05. The van der Waals surface area contributed by atoms with Gasteiger partial charge in [0.25, 0.3) is 0 Å². The summed E-state index contributed by atoms with van der Waals surface area (Å²) in [4.78, 5) is 0. The van der Waals surface area contributed by atoms with E-state index in [2.05, 4.69) is 5.43 Å². The molecule has 0 saturated heterocycles. The molecule has 0 aromatic carbocycles. The van der Waals surface area contributed by atoms with Gasteiger partial charge in [-0.3, -0.25) is 5.43 Å². The van der Waals surface area contributed by atoms with Crippen LogP contribution in [0.25, 0.3) is 0 Å². The van der Waals surface area contributed by atoms with Crippen molar-refractivity contribution in [2.24, 2.45) is 0 Å². The van der Waals surface area contributed by atoms with Gasteiger partial charge < -0.3 is 10.0 Å². The quantitative estimate of drug-likeness (QED) is 0.438. The number of hydrazine groups is 1. The smallest absolute Gasteiger partial charge is 0.423 e. The van der Waals surface area contributed by atoms with Gasteiger partial charge in [0, 0.05) is 13.1 Å². The van der Waals surface area contributed by atoms with E-state index in [1.165, 1.54) is 0 Å². The maximum Gasteiger partial charge on any atom is 0.483 e. The lowest BCUT2D eigenvalue weighted by molar-refractivity contribution is 0.225. The molecule has 0 saturated carbocycles. The second kappa shape index (κ2) is 3.87. The molecule has 0 atom stereocenters. The van der Waals surface area contributed by atoms with E-state index in [0.717, 1.165) is 25.0 Å². The SMILES string of the molecule is CNN1CC=C(B(O)O)CC1. The Morgan fingerprint density at radius 2 is 2.36 bits per heavy atom. The van der Waals surface area contributed by atoms with Crippen LogP contribution in [0.15, 0.2) is 11.5 Å². The molecule has 0 aromatic rings. The minimum Gasteiger partial charge on any atom is -0.423 e. The van der Waals surface area contributed by atoms with E-state index < -0.39 is 7.12 Å². The van der Waals surface area contributed by atoms with Gasteiger partial charge in [-0.25, -0.2) is 5.01 Å². The Balaban J connectivity index is 2.44. The van der Waals surface area contributed by atoms with Crippen molar-refractivity contribution in [1.82, 2.24) is 10.4 Å². The molecule has 0 aliphatic carbocycles. The molecule has 0 aromatic heterocycles. The van der Waals surface area contributed by atoms with Crippen molar-refractivity contribution in [2.75, 3.05) is 20.1 Å². The van der Waals surface area contributed by atoms with Crippen LogP contribution in [0.2, 0.25) is 0 Å². The molecule has 11 heavy (non-hydrogen) atoms. The third-order valence-electron chi connectivity index (χ3n) is 1.89. The molecule has 4 nitrogen and oxygen atoms in total. The fourth-order valence-corrected chi connectivity index (χ4v) is 1.12. The van der Waals surface area contributed by atoms with Crippen molar-refractivity contribution >= 4 is 7.12 Å². The summed E-state index contributed by atoms with van der Waals surface area (Å²) < 4.78 is 0. The zero-order chi connectivity index (χ0) is 8.27. The van der Waals surface area contributed by atoms with E-state index >= 15 is 0 Å². The summed E-state index contributed by atoms with van der Waals surface area (Å²) in [5.41, 5.74) is 3.71. The summed E-state index contributed by atoms with van der Waals surface area (Å²) in [5, 5.41) is 19.6. The summed E-state index contributed by atoms with van der Waals surface area (Å²) in [6.45, 7) is 1.57. The molecule has 5 heteroatoms. The first-order chi connectivity index (χ1) is 5.24. The first kappa shape index (κ1) is 8.74. The third kappa shape index (κ3) is 2.30. The van der Waals surface area contributed by atoms with Gasteiger partial charge in [0.05, 0.1) is 0 Å². The molecular formula is C6H13BN2O2. The van der Waals surface area contributed by atoms with Crippen LogP contribution >= 0.6 is 0 Å². The summed E-state index contributed by atoms with van der Waals surface area (Å²) >= 11 is 0. The molecule has 62 valence electrons. The van der Waals surface area contributed by atoms with E-state index in [1.807, 2.05) is 18.1 Å².